The molecule has 6 heavy (non-hydrogen) atoms. The van der Waals surface area contributed by atoms with Crippen molar-refractivity contribution in [2.75, 3.05) is 0 Å². The number of H-pyrrole nitrogens is 1. The fourth-order valence-electron chi connectivity index (χ4n) is 0.112. The zero-order valence-electron chi connectivity index (χ0n) is 2.34. The molecule has 1 aromatic heterocycles. The molecule has 0 amide bonds. The van der Waals surface area contributed by atoms with Crippen molar-refractivity contribution < 1.29 is 0 Å². The minimum Gasteiger partial charge on any atom is -0.236 e. The van der Waals surface area contributed by atoms with Crippen molar-refractivity contribution in [3.8, 4) is 0 Å². The summed E-state index contributed by atoms with van der Waals surface area (Å²) < 4.78 is 0. The fourth-order valence-corrected chi connectivity index (χ4v) is 0.112. The summed E-state index contributed by atoms with van der Waals surface area (Å²) in [6.07, 6.45) is 2.26. The minimum absolute atomic E-state index is 0. The van der Waals surface area contributed by atoms with Gasteiger partial charge in [0.2, 0.25) is 6.33 Å². The molecule has 1 N–H and O–H groups in total. The van der Waals surface area contributed by atoms with E-state index in [0.717, 1.165) is 0 Å². The average molecular weight is 93.0 g/mol. The molecule has 0 aromatic carbocycles. The number of hydrogen-bond acceptors (Lipinski definition) is 3. The first kappa shape index (κ1) is 6.07. The number of hydrogen-bond donors (Lipinski definition) is 1. The molecule has 0 atom stereocenters. The van der Waals surface area contributed by atoms with Gasteiger partial charge in [-0.15, -0.1) is 5.10 Å². The summed E-state index contributed by atoms with van der Waals surface area (Å²) in [5.74, 6) is 0. The van der Waals surface area contributed by atoms with E-state index < -0.39 is 0 Å². The molecule has 0 bridgehead atoms. The second-order valence-electron chi connectivity index (χ2n) is 0.513. The van der Waals surface area contributed by atoms with Gasteiger partial charge in [0.15, 0.2) is 0 Å². The molecule has 1 heterocycles. The van der Waals surface area contributed by atoms with Gasteiger partial charge in [0.05, 0.1) is 0 Å². The van der Waals surface area contributed by atoms with Gasteiger partial charge < -0.3 is 0 Å². The third kappa shape index (κ3) is 1.49. The van der Waals surface area contributed by atoms with Crippen molar-refractivity contribution >= 4 is 29.6 Å². The second-order valence-corrected chi connectivity index (χ2v) is 0.513. The van der Waals surface area contributed by atoms with Gasteiger partial charge in [-0.1, -0.05) is 0 Å². The Balaban J connectivity index is 0.000000250. The van der Waals surface area contributed by atoms with Crippen LogP contribution < -0.4 is 0 Å². The van der Waals surface area contributed by atoms with Crippen LogP contribution in [0.15, 0.2) is 0 Å². The molecular formula is CH2N4Na. The first-order chi connectivity index (χ1) is 2.50. The Labute approximate surface area is 56.6 Å². The third-order valence-corrected chi connectivity index (χ3v) is 0.239. The number of rotatable bonds is 0. The number of tetrazole rings is 1. The molecule has 0 saturated heterocycles. The van der Waals surface area contributed by atoms with E-state index in [1.54, 1.807) is 0 Å². The molecule has 1 radical (unpaired) electrons. The summed E-state index contributed by atoms with van der Waals surface area (Å²) in [6, 6.07) is 0. The number of nitrogens with zero attached hydrogens (tertiary/aromatic N) is 3. The Morgan fingerprint density at radius 2 is 2.33 bits per heavy atom. The Kier molecular flexibility index (Phi) is 3.31. The molecular weight excluding hydrogens is 91.0 g/mol. The largest absolute Gasteiger partial charge is 0.236 e. The number of aromatic amines is 1. The van der Waals surface area contributed by atoms with Crippen molar-refractivity contribution in [2.24, 2.45) is 0 Å². The van der Waals surface area contributed by atoms with E-state index in [2.05, 4.69) is 27.0 Å². The van der Waals surface area contributed by atoms with E-state index in [0.29, 0.717) is 0 Å². The van der Waals surface area contributed by atoms with Crippen LogP contribution in [-0.4, -0.2) is 50.2 Å². The maximum atomic E-state index is 3.18. The quantitative estimate of drug-likeness (QED) is 0.391. The average Bonchev–Trinajstić information content (AvgIpc) is 1.76. The van der Waals surface area contributed by atoms with Crippen molar-refractivity contribution in [1.82, 2.24) is 20.6 Å². The summed E-state index contributed by atoms with van der Waals surface area (Å²) >= 11 is 0. The Morgan fingerprint density at radius 3 is 2.50 bits per heavy atom. The van der Waals surface area contributed by atoms with E-state index >= 15 is 0 Å². The topological polar surface area (TPSA) is 54.5 Å². The molecule has 0 saturated carbocycles. The van der Waals surface area contributed by atoms with Crippen molar-refractivity contribution in [1.29, 1.82) is 0 Å². The summed E-state index contributed by atoms with van der Waals surface area (Å²) in [6.45, 7) is 0. The van der Waals surface area contributed by atoms with Crippen molar-refractivity contribution in [3.63, 3.8) is 0 Å². The van der Waals surface area contributed by atoms with Crippen molar-refractivity contribution in [3.05, 3.63) is 6.33 Å². The van der Waals surface area contributed by atoms with Gasteiger partial charge in [-0.05, 0) is 10.4 Å². The second kappa shape index (κ2) is 3.27. The molecule has 0 aliphatic heterocycles. The standard InChI is InChI=1S/CHN4.Na.H/c1-2-4-5-3-1;;/h(H,2,3,4,5);;. The number of aromatic nitrogens is 4. The van der Waals surface area contributed by atoms with E-state index in [-0.39, 0.29) is 29.6 Å². The summed E-state index contributed by atoms with van der Waals surface area (Å²) in [4.78, 5) is 0. The van der Waals surface area contributed by atoms with Gasteiger partial charge in [-0.2, -0.15) is 0 Å². The molecule has 1 rings (SSSR count). The van der Waals surface area contributed by atoms with Crippen molar-refractivity contribution in [2.45, 2.75) is 0 Å². The molecule has 0 aliphatic rings. The maximum absolute atomic E-state index is 3.18. The van der Waals surface area contributed by atoms with Crippen LogP contribution in [0.4, 0.5) is 0 Å². The first-order valence-electron chi connectivity index (χ1n) is 1.10. The number of nitrogens with one attached hydrogen (secondary N) is 1. The van der Waals surface area contributed by atoms with Crippen LogP contribution in [0.5, 0.6) is 0 Å². The molecule has 5 heteroatoms. The van der Waals surface area contributed by atoms with Crippen LogP contribution in [0.1, 0.15) is 0 Å². The van der Waals surface area contributed by atoms with Gasteiger partial charge in [0.25, 0.3) is 0 Å². The third-order valence-electron chi connectivity index (χ3n) is 0.239. The normalized spacial score (nSPS) is 6.67. The van der Waals surface area contributed by atoms with Crippen LogP contribution in [0.3, 0.4) is 0 Å². The van der Waals surface area contributed by atoms with E-state index in [1.165, 1.54) is 0 Å². The van der Waals surface area contributed by atoms with Gasteiger partial charge in [0, 0.05) is 0 Å². The molecule has 27 valence electrons. The molecule has 0 unspecified atom stereocenters. The predicted molar refractivity (Wildman–Crippen MR) is 20.2 cm³/mol. The van der Waals surface area contributed by atoms with Crippen LogP contribution in [-0.2, 0) is 0 Å². The van der Waals surface area contributed by atoms with Crippen LogP contribution in [0.2, 0.25) is 0 Å². The molecule has 0 fully saturated rings. The van der Waals surface area contributed by atoms with Gasteiger partial charge >= 0.3 is 29.6 Å². The summed E-state index contributed by atoms with van der Waals surface area (Å²) in [7, 11) is 0. The van der Waals surface area contributed by atoms with Crippen LogP contribution in [0.25, 0.3) is 0 Å². The van der Waals surface area contributed by atoms with Gasteiger partial charge in [-0.25, -0.2) is 5.10 Å². The Morgan fingerprint density at radius 1 is 1.50 bits per heavy atom. The molecule has 4 nitrogen and oxygen atoms in total. The van der Waals surface area contributed by atoms with E-state index in [4.69, 9.17) is 0 Å². The SMILES string of the molecule is [NaH].[c]1nnn[nH]1. The first-order valence-corrected chi connectivity index (χ1v) is 1.10. The Hall–Kier alpha value is 0.0700. The van der Waals surface area contributed by atoms with Crippen LogP contribution >= 0.6 is 0 Å². The summed E-state index contributed by atoms with van der Waals surface area (Å²) in [5.41, 5.74) is 0. The Bertz CT molecular complexity index is 64.0. The van der Waals surface area contributed by atoms with E-state index in [9.17, 15) is 0 Å². The van der Waals surface area contributed by atoms with Crippen LogP contribution in [0, 0.1) is 6.33 Å². The summed E-state index contributed by atoms with van der Waals surface area (Å²) in [5, 5.41) is 11.7. The van der Waals surface area contributed by atoms with Gasteiger partial charge in [0.1, 0.15) is 0 Å². The molecule has 0 aliphatic carbocycles. The molecule has 0 spiro atoms. The zero-order valence-corrected chi connectivity index (χ0v) is 2.34. The smallest absolute Gasteiger partial charge is 0.218 e. The van der Waals surface area contributed by atoms with Gasteiger partial charge in [-0.3, -0.25) is 0 Å². The fraction of sp³-hybridized carbons (Fsp3) is 0. The molecule has 1 aromatic rings. The maximum Gasteiger partial charge on any atom is 0.218 e. The predicted octanol–water partition coefficient (Wildman–Crippen LogP) is -1.65. The minimum atomic E-state index is 0. The zero-order chi connectivity index (χ0) is 3.54. The van der Waals surface area contributed by atoms with E-state index in [1.807, 2.05) is 0 Å². The monoisotopic (exact) mass is 93.0 g/mol.